The minimum Gasteiger partial charge on any atom is -0.490 e. The Balaban J connectivity index is 1.47. The molecule has 3 aliphatic rings. The summed E-state index contributed by atoms with van der Waals surface area (Å²) in [5, 5.41) is 20.8. The number of aryl methyl sites for hydroxylation is 1. The summed E-state index contributed by atoms with van der Waals surface area (Å²) in [5.41, 5.74) is 3.05. The van der Waals surface area contributed by atoms with Gasteiger partial charge in [-0.15, -0.1) is 6.58 Å². The van der Waals surface area contributed by atoms with Crippen LogP contribution < -0.4 is 14.4 Å². The van der Waals surface area contributed by atoms with Crippen molar-refractivity contribution in [1.82, 2.24) is 4.72 Å². The Bertz CT molecular complexity index is 1560. The summed E-state index contributed by atoms with van der Waals surface area (Å²) in [7, 11) is -4.16. The van der Waals surface area contributed by atoms with E-state index in [-0.39, 0.29) is 29.2 Å². The Morgan fingerprint density at radius 3 is 2.76 bits per heavy atom. The predicted molar refractivity (Wildman–Crippen MR) is 183 cm³/mol. The minimum atomic E-state index is -4.16. The van der Waals surface area contributed by atoms with Crippen LogP contribution in [0.1, 0.15) is 80.3 Å². The standard InChI is InChI=1S/C36H47ClN2O6S/c1-4-6-7-11-33(41)29-15-12-27(29)21-39-22-36(18-8-10-25-19-28(37)14-16-30(25)36)23-45-34-17-13-26(20-31(34)39)35(42)38-46(43,44)24(3)32(40)9-5-2/h5,7,11,13-14,16-17,19-20,24,27,29,32-33,40-41H,2,4,6,8-10,12,15,18,21-23H2,1,3H3,(H,38,42)/b11-7+/t24-,27+,29-,32+,33+,36+/m1/s1. The van der Waals surface area contributed by atoms with E-state index in [1.165, 1.54) is 24.1 Å². The molecule has 250 valence electrons. The first-order valence-electron chi connectivity index (χ1n) is 16.5. The molecule has 3 N–H and O–H groups in total. The SMILES string of the molecule is C=CC[C@H](O)[C@@H](C)S(=O)(=O)NC(=O)c1ccc2c(c1)N(C[C@@H]1CC[C@H]1[C@@H](O)/C=C/CCC)C[C@@]1(CCCc3cc(Cl)ccc31)CO2. The van der Waals surface area contributed by atoms with E-state index in [2.05, 4.69) is 41.3 Å². The zero-order valence-corrected chi connectivity index (χ0v) is 28.4. The number of hydrogen-bond donors (Lipinski definition) is 3. The fraction of sp³-hybridized carbons (Fsp3) is 0.528. The summed E-state index contributed by atoms with van der Waals surface area (Å²) in [6.45, 7) is 8.81. The van der Waals surface area contributed by atoms with Crippen molar-refractivity contribution in [3.05, 3.63) is 82.9 Å². The fourth-order valence-corrected chi connectivity index (χ4v) is 8.49. The maximum atomic E-state index is 13.4. The van der Waals surface area contributed by atoms with Crippen molar-refractivity contribution in [3.8, 4) is 5.75 Å². The molecule has 2 aromatic carbocycles. The van der Waals surface area contributed by atoms with Gasteiger partial charge in [-0.05, 0) is 105 Å². The molecule has 0 radical (unpaired) electrons. The van der Waals surface area contributed by atoms with Crippen molar-refractivity contribution >= 4 is 33.2 Å². The number of aliphatic hydroxyl groups is 2. The third-order valence-electron chi connectivity index (χ3n) is 10.1. The quantitative estimate of drug-likeness (QED) is 0.239. The predicted octanol–water partition coefficient (Wildman–Crippen LogP) is 5.94. The highest BCUT2D eigenvalue weighted by Crippen LogP contribution is 2.46. The lowest BCUT2D eigenvalue weighted by Gasteiger charge is -2.45. The molecule has 5 rings (SSSR count). The van der Waals surface area contributed by atoms with Crippen molar-refractivity contribution in [2.24, 2.45) is 11.8 Å². The number of rotatable bonds is 12. The highest BCUT2D eigenvalue weighted by Gasteiger charge is 2.44. The fourth-order valence-electron chi connectivity index (χ4n) is 7.20. The summed E-state index contributed by atoms with van der Waals surface area (Å²) in [5.74, 6) is 0.235. The monoisotopic (exact) mass is 670 g/mol. The molecule has 0 saturated heterocycles. The second-order valence-electron chi connectivity index (χ2n) is 13.3. The number of amides is 1. The van der Waals surface area contributed by atoms with Crippen LogP contribution in [0.15, 0.2) is 61.2 Å². The molecule has 1 spiro atoms. The number of carbonyl (C=O) groups is 1. The van der Waals surface area contributed by atoms with Crippen molar-refractivity contribution in [2.75, 3.05) is 24.6 Å². The maximum absolute atomic E-state index is 13.4. The molecular weight excluding hydrogens is 624 g/mol. The molecule has 8 nitrogen and oxygen atoms in total. The molecule has 0 aromatic heterocycles. The minimum absolute atomic E-state index is 0.0871. The lowest BCUT2D eigenvalue weighted by atomic mass is 9.68. The number of aliphatic hydroxyl groups excluding tert-OH is 2. The van der Waals surface area contributed by atoms with Gasteiger partial charge in [0.25, 0.3) is 5.91 Å². The third kappa shape index (κ3) is 7.33. The van der Waals surface area contributed by atoms with E-state index >= 15 is 0 Å². The number of halogens is 1. The molecule has 1 aliphatic heterocycles. The number of ether oxygens (including phenoxy) is 1. The van der Waals surface area contributed by atoms with Crippen molar-refractivity contribution in [2.45, 2.75) is 88.1 Å². The van der Waals surface area contributed by atoms with Crippen LogP contribution in [0.3, 0.4) is 0 Å². The summed E-state index contributed by atoms with van der Waals surface area (Å²) in [6, 6.07) is 11.1. The molecule has 2 aliphatic carbocycles. The number of anilines is 1. The highest BCUT2D eigenvalue weighted by molar-refractivity contribution is 7.90. The number of benzene rings is 2. The molecule has 1 heterocycles. The first-order valence-corrected chi connectivity index (χ1v) is 18.4. The number of hydrogen-bond acceptors (Lipinski definition) is 7. The average Bonchev–Trinajstić information content (AvgIpc) is 3.15. The normalized spacial score (nSPS) is 24.6. The summed E-state index contributed by atoms with van der Waals surface area (Å²) in [4.78, 5) is 15.7. The molecule has 0 bridgehead atoms. The molecule has 1 amide bonds. The number of carbonyl (C=O) groups excluding carboxylic acids is 1. The maximum Gasteiger partial charge on any atom is 0.264 e. The van der Waals surface area contributed by atoms with Crippen molar-refractivity contribution < 1.29 is 28.2 Å². The molecule has 1 fully saturated rings. The summed E-state index contributed by atoms with van der Waals surface area (Å²) >= 11 is 6.40. The van der Waals surface area contributed by atoms with Crippen LogP contribution in [-0.2, 0) is 21.9 Å². The molecule has 0 unspecified atom stereocenters. The van der Waals surface area contributed by atoms with Crippen LogP contribution in [0.5, 0.6) is 5.75 Å². The first kappa shape index (κ1) is 34.5. The average molecular weight is 671 g/mol. The van der Waals surface area contributed by atoms with Crippen molar-refractivity contribution in [3.63, 3.8) is 0 Å². The Morgan fingerprint density at radius 2 is 2.04 bits per heavy atom. The van der Waals surface area contributed by atoms with Crippen LogP contribution in [-0.4, -0.2) is 61.7 Å². The Morgan fingerprint density at radius 1 is 1.24 bits per heavy atom. The molecule has 6 atom stereocenters. The van der Waals surface area contributed by atoms with Gasteiger partial charge in [0, 0.05) is 29.1 Å². The van der Waals surface area contributed by atoms with Crippen LogP contribution in [0.25, 0.3) is 0 Å². The zero-order chi connectivity index (χ0) is 33.1. The highest BCUT2D eigenvalue weighted by atomic mass is 35.5. The van der Waals surface area contributed by atoms with Gasteiger partial charge in [-0.1, -0.05) is 49.2 Å². The number of nitrogens with zero attached hydrogens (tertiary/aromatic N) is 1. The summed E-state index contributed by atoms with van der Waals surface area (Å²) in [6.07, 6.45) is 10.6. The lowest BCUT2D eigenvalue weighted by Crippen LogP contribution is -2.49. The van der Waals surface area contributed by atoms with Crippen LogP contribution in [0.2, 0.25) is 5.02 Å². The van der Waals surface area contributed by atoms with Crippen LogP contribution >= 0.6 is 11.6 Å². The van der Waals surface area contributed by atoms with E-state index in [4.69, 9.17) is 16.3 Å². The molecular formula is C36H47ClN2O6S. The molecule has 46 heavy (non-hydrogen) atoms. The van der Waals surface area contributed by atoms with Gasteiger partial charge >= 0.3 is 0 Å². The van der Waals surface area contributed by atoms with Gasteiger partial charge in [-0.2, -0.15) is 0 Å². The van der Waals surface area contributed by atoms with Gasteiger partial charge < -0.3 is 19.8 Å². The van der Waals surface area contributed by atoms with E-state index in [0.29, 0.717) is 30.5 Å². The first-order chi connectivity index (χ1) is 22.0. The molecule has 10 heteroatoms. The van der Waals surface area contributed by atoms with Gasteiger partial charge in [0.05, 0.1) is 24.5 Å². The van der Waals surface area contributed by atoms with E-state index in [1.807, 2.05) is 12.1 Å². The van der Waals surface area contributed by atoms with E-state index in [1.54, 1.807) is 18.2 Å². The van der Waals surface area contributed by atoms with Gasteiger partial charge in [-0.25, -0.2) is 13.1 Å². The Labute approximate surface area is 278 Å². The number of nitrogens with one attached hydrogen (secondary N) is 1. The number of sulfonamides is 1. The van der Waals surface area contributed by atoms with Gasteiger partial charge in [0.15, 0.2) is 0 Å². The van der Waals surface area contributed by atoms with Gasteiger partial charge in [0.2, 0.25) is 10.0 Å². The number of allylic oxidation sites excluding steroid dienone is 1. The third-order valence-corrected chi connectivity index (χ3v) is 12.1. The second-order valence-corrected chi connectivity index (χ2v) is 15.7. The smallest absolute Gasteiger partial charge is 0.264 e. The number of unbranched alkanes of at least 4 members (excludes halogenated alkanes) is 1. The van der Waals surface area contributed by atoms with E-state index in [0.717, 1.165) is 50.6 Å². The second kappa shape index (κ2) is 14.5. The number of fused-ring (bicyclic) bond motifs is 3. The largest absolute Gasteiger partial charge is 0.490 e. The molecule has 1 saturated carbocycles. The van der Waals surface area contributed by atoms with Crippen LogP contribution in [0.4, 0.5) is 5.69 Å². The Kier molecular flexibility index (Phi) is 10.9. The topological polar surface area (TPSA) is 116 Å². The van der Waals surface area contributed by atoms with E-state index in [9.17, 15) is 23.4 Å². The van der Waals surface area contributed by atoms with Gasteiger partial charge in [-0.3, -0.25) is 4.79 Å². The molecule has 2 aromatic rings. The zero-order valence-electron chi connectivity index (χ0n) is 26.8. The lowest BCUT2D eigenvalue weighted by molar-refractivity contribution is 0.0456. The van der Waals surface area contributed by atoms with E-state index < -0.39 is 33.4 Å². The summed E-state index contributed by atoms with van der Waals surface area (Å²) < 4.78 is 34.6. The Hall–Kier alpha value is -2.85. The van der Waals surface area contributed by atoms with Crippen molar-refractivity contribution in [1.29, 1.82) is 0 Å². The van der Waals surface area contributed by atoms with Gasteiger partial charge in [0.1, 0.15) is 11.0 Å². The van der Waals surface area contributed by atoms with Crippen LogP contribution in [0, 0.1) is 11.8 Å².